The Morgan fingerprint density at radius 2 is 1.63 bits per heavy atom. The molecule has 4 N–H and O–H groups in total. The molecule has 252 valence electrons. The van der Waals surface area contributed by atoms with Gasteiger partial charge in [0, 0.05) is 11.5 Å². The molecule has 0 aliphatic heterocycles. The van der Waals surface area contributed by atoms with Crippen LogP contribution < -0.4 is 0 Å². The number of allylic oxidation sites excluding steroid dienone is 1. The molecule has 5 aliphatic rings. The summed E-state index contributed by atoms with van der Waals surface area (Å²) >= 11 is 0. The summed E-state index contributed by atoms with van der Waals surface area (Å²) in [5, 5.41) is 41.4. The van der Waals surface area contributed by atoms with Crippen molar-refractivity contribution in [2.24, 2.45) is 50.2 Å². The third-order valence-electron chi connectivity index (χ3n) is 14.6. The smallest absolute Gasteiger partial charge is 0.330 e. The summed E-state index contributed by atoms with van der Waals surface area (Å²) in [4.78, 5) is 26.5. The lowest BCUT2D eigenvalue weighted by Crippen LogP contribution is -2.66. The number of aliphatic hydroxyl groups is 1. The Kier molecular flexibility index (Phi) is 7.82. The van der Waals surface area contributed by atoms with Gasteiger partial charge in [0.05, 0.1) is 11.5 Å². The second-order valence-corrected chi connectivity index (χ2v) is 17.5. The van der Waals surface area contributed by atoms with E-state index in [1.807, 2.05) is 0 Å². The molecule has 3 unspecified atom stereocenters. The number of phenolic OH excluding ortho intramolecular Hbond substituents is 2. The van der Waals surface area contributed by atoms with E-state index in [1.165, 1.54) is 23.8 Å². The second kappa shape index (κ2) is 10.9. The first-order chi connectivity index (χ1) is 21.4. The molecule has 6 rings (SSSR count). The van der Waals surface area contributed by atoms with E-state index in [-0.39, 0.29) is 51.8 Å². The molecule has 0 spiro atoms. The van der Waals surface area contributed by atoms with Crippen molar-refractivity contribution in [3.63, 3.8) is 0 Å². The number of phenols is 2. The topological polar surface area (TPSA) is 124 Å². The number of carboxylic acids is 1. The maximum Gasteiger partial charge on any atom is 0.330 e. The number of hydrogen-bond donors (Lipinski definition) is 4. The predicted molar refractivity (Wildman–Crippen MR) is 177 cm³/mol. The SMILES string of the molecule is CC1(C)CC[C@]2(C(=O)O)CC[C@]3(COC(=O)/C=C/c4ccc(O)c(O)c4)C(=CCC4[C@@]5(C)CC[C@H](O)C(C)(C)C5CC[C@]43C)C2C1. The van der Waals surface area contributed by atoms with Gasteiger partial charge in [-0.3, -0.25) is 4.79 Å². The van der Waals surface area contributed by atoms with Gasteiger partial charge in [-0.05, 0) is 127 Å². The fourth-order valence-corrected chi connectivity index (χ4v) is 11.8. The number of aromatic hydroxyl groups is 2. The molecule has 4 fully saturated rings. The van der Waals surface area contributed by atoms with Gasteiger partial charge in [-0.2, -0.15) is 0 Å². The van der Waals surface area contributed by atoms with Crippen LogP contribution in [0.3, 0.4) is 0 Å². The maximum atomic E-state index is 13.4. The Balaban J connectivity index is 1.40. The minimum absolute atomic E-state index is 0.00269. The van der Waals surface area contributed by atoms with Crippen molar-refractivity contribution in [3.05, 3.63) is 41.5 Å². The van der Waals surface area contributed by atoms with E-state index in [0.29, 0.717) is 36.7 Å². The Bertz CT molecular complexity index is 1470. The zero-order valence-electron chi connectivity index (χ0n) is 28.6. The normalized spacial score (nSPS) is 40.9. The van der Waals surface area contributed by atoms with Gasteiger partial charge in [0.1, 0.15) is 6.61 Å². The number of carbonyl (C=O) groups is 2. The van der Waals surface area contributed by atoms with Crippen LogP contribution in [0.5, 0.6) is 11.5 Å². The number of hydrogen-bond acceptors (Lipinski definition) is 6. The molecule has 4 saturated carbocycles. The molecule has 1 aromatic carbocycles. The first-order valence-electron chi connectivity index (χ1n) is 17.4. The van der Waals surface area contributed by atoms with Gasteiger partial charge in [0.2, 0.25) is 0 Å². The number of aliphatic hydroxyl groups excluding tert-OH is 1. The number of ether oxygens (including phenoxy) is 1. The molecule has 1 aromatic rings. The average molecular weight is 635 g/mol. The summed E-state index contributed by atoms with van der Waals surface area (Å²) < 4.78 is 6.22. The fraction of sp³-hybridized carbons (Fsp3) is 0.692. The second-order valence-electron chi connectivity index (χ2n) is 17.5. The van der Waals surface area contributed by atoms with Crippen molar-refractivity contribution >= 4 is 18.0 Å². The van der Waals surface area contributed by atoms with E-state index < -0.39 is 22.8 Å². The van der Waals surface area contributed by atoms with Gasteiger partial charge in [0.15, 0.2) is 11.5 Å². The van der Waals surface area contributed by atoms with Crippen LogP contribution in [-0.2, 0) is 14.3 Å². The number of carboxylic acid groups (broad SMARTS) is 1. The van der Waals surface area contributed by atoms with Crippen LogP contribution in [0.15, 0.2) is 35.9 Å². The average Bonchev–Trinajstić information content (AvgIpc) is 2.98. The highest BCUT2D eigenvalue weighted by atomic mass is 16.5. The van der Waals surface area contributed by atoms with Gasteiger partial charge in [-0.25, -0.2) is 4.79 Å². The van der Waals surface area contributed by atoms with Crippen LogP contribution in [-0.4, -0.2) is 45.1 Å². The van der Waals surface area contributed by atoms with Crippen molar-refractivity contribution in [3.8, 4) is 11.5 Å². The largest absolute Gasteiger partial charge is 0.504 e. The zero-order chi connectivity index (χ0) is 33.5. The molecular weight excluding hydrogens is 580 g/mol. The van der Waals surface area contributed by atoms with Crippen molar-refractivity contribution in [1.82, 2.24) is 0 Å². The van der Waals surface area contributed by atoms with Crippen LogP contribution in [0, 0.1) is 50.2 Å². The van der Waals surface area contributed by atoms with Gasteiger partial charge in [-0.15, -0.1) is 0 Å². The Morgan fingerprint density at radius 1 is 0.913 bits per heavy atom. The Morgan fingerprint density at radius 3 is 2.33 bits per heavy atom. The first kappa shape index (κ1) is 33.1. The summed E-state index contributed by atoms with van der Waals surface area (Å²) in [6.45, 7) is 14.0. The summed E-state index contributed by atoms with van der Waals surface area (Å²) in [5.41, 5.74) is 0.125. The molecule has 0 saturated heterocycles. The Hall–Kier alpha value is -2.80. The molecule has 0 amide bonds. The number of esters is 1. The van der Waals surface area contributed by atoms with Crippen molar-refractivity contribution in [2.45, 2.75) is 112 Å². The lowest BCUT2D eigenvalue weighted by Gasteiger charge is -2.71. The van der Waals surface area contributed by atoms with Crippen LogP contribution in [0.1, 0.15) is 111 Å². The quantitative estimate of drug-likeness (QED) is 0.112. The van der Waals surface area contributed by atoms with Gasteiger partial charge < -0.3 is 25.2 Å². The molecule has 8 atom stereocenters. The van der Waals surface area contributed by atoms with E-state index in [9.17, 15) is 30.0 Å². The molecule has 7 nitrogen and oxygen atoms in total. The molecule has 0 bridgehead atoms. The number of carbonyl (C=O) groups excluding carboxylic acids is 1. The number of benzene rings is 1. The van der Waals surface area contributed by atoms with Gasteiger partial charge in [0.25, 0.3) is 0 Å². The molecule has 7 heteroatoms. The molecule has 46 heavy (non-hydrogen) atoms. The van der Waals surface area contributed by atoms with E-state index >= 15 is 0 Å². The van der Waals surface area contributed by atoms with E-state index in [0.717, 1.165) is 44.9 Å². The molecular formula is C39H54O7. The number of aliphatic carboxylic acids is 1. The minimum Gasteiger partial charge on any atom is -0.504 e. The number of fused-ring (bicyclic) bond motifs is 7. The number of rotatable bonds is 5. The van der Waals surface area contributed by atoms with Crippen molar-refractivity contribution < 1.29 is 34.8 Å². The molecule has 0 radical (unpaired) electrons. The fourth-order valence-electron chi connectivity index (χ4n) is 11.8. The predicted octanol–water partition coefficient (Wildman–Crippen LogP) is 7.88. The monoisotopic (exact) mass is 634 g/mol. The molecule has 0 heterocycles. The third kappa shape index (κ3) is 4.77. The standard InChI is InChI=1S/C39H54O7/c1-34(2)17-18-38(33(44)45)19-20-39(23-46-32(43)12-8-24-7-10-27(40)28(41)21-24)25(26(38)22-34)9-11-30-36(5)15-14-31(42)35(3,4)29(36)13-16-37(30,39)6/h7-10,12,21,26,29-31,40-42H,11,13-20,22-23H2,1-6H3,(H,44,45)/b12-8+/t26?,29?,30?,31-,36-,37+,38-,39-/m0/s1. The third-order valence-corrected chi connectivity index (χ3v) is 14.6. The van der Waals surface area contributed by atoms with Crippen molar-refractivity contribution in [2.75, 3.05) is 6.61 Å². The van der Waals surface area contributed by atoms with Crippen LogP contribution in [0.25, 0.3) is 6.08 Å². The highest BCUT2D eigenvalue weighted by Crippen LogP contribution is 2.76. The minimum atomic E-state index is -0.795. The zero-order valence-corrected chi connectivity index (χ0v) is 28.6. The van der Waals surface area contributed by atoms with Gasteiger partial charge in [-0.1, -0.05) is 59.3 Å². The summed E-state index contributed by atoms with van der Waals surface area (Å²) in [7, 11) is 0. The van der Waals surface area contributed by atoms with Gasteiger partial charge >= 0.3 is 11.9 Å². The molecule has 0 aromatic heterocycles. The summed E-state index contributed by atoms with van der Waals surface area (Å²) in [6.07, 6.45) is 13.2. The summed E-state index contributed by atoms with van der Waals surface area (Å²) in [6, 6.07) is 4.39. The van der Waals surface area contributed by atoms with E-state index in [1.54, 1.807) is 12.1 Å². The van der Waals surface area contributed by atoms with E-state index in [4.69, 9.17) is 4.74 Å². The highest BCUT2D eigenvalue weighted by Gasteiger charge is 2.70. The highest BCUT2D eigenvalue weighted by molar-refractivity contribution is 5.87. The molecule has 5 aliphatic carbocycles. The lowest BCUT2D eigenvalue weighted by atomic mass is 9.33. The maximum absolute atomic E-state index is 13.4. The lowest BCUT2D eigenvalue weighted by molar-refractivity contribution is -0.217. The van der Waals surface area contributed by atoms with Crippen LogP contribution >= 0.6 is 0 Å². The van der Waals surface area contributed by atoms with Crippen LogP contribution in [0.2, 0.25) is 0 Å². The first-order valence-corrected chi connectivity index (χ1v) is 17.4. The van der Waals surface area contributed by atoms with Crippen LogP contribution in [0.4, 0.5) is 0 Å². The summed E-state index contributed by atoms with van der Waals surface area (Å²) in [5.74, 6) is -1.07. The van der Waals surface area contributed by atoms with Crippen molar-refractivity contribution in [1.29, 1.82) is 0 Å². The Labute approximate surface area is 274 Å². The van der Waals surface area contributed by atoms with E-state index in [2.05, 4.69) is 47.6 Å².